The van der Waals surface area contributed by atoms with Crippen molar-refractivity contribution in [2.45, 2.75) is 20.8 Å². The Kier molecular flexibility index (Phi) is 6.95. The Labute approximate surface area is 166 Å². The van der Waals surface area contributed by atoms with Crippen LogP contribution in [-0.4, -0.2) is 66.7 Å². The van der Waals surface area contributed by atoms with Crippen molar-refractivity contribution in [3.8, 4) is 0 Å². The predicted molar refractivity (Wildman–Crippen MR) is 110 cm³/mol. The highest BCUT2D eigenvalue weighted by Gasteiger charge is 2.16. The van der Waals surface area contributed by atoms with Crippen molar-refractivity contribution in [3.05, 3.63) is 47.4 Å². The molecule has 1 aliphatic heterocycles. The van der Waals surface area contributed by atoms with E-state index in [0.29, 0.717) is 18.1 Å². The molecule has 28 heavy (non-hydrogen) atoms. The van der Waals surface area contributed by atoms with Crippen LogP contribution in [0.15, 0.2) is 30.3 Å². The summed E-state index contributed by atoms with van der Waals surface area (Å²) in [4.78, 5) is 25.9. The van der Waals surface area contributed by atoms with E-state index in [0.717, 1.165) is 50.9 Å². The topological polar surface area (TPSA) is 70.6 Å². The van der Waals surface area contributed by atoms with E-state index in [1.54, 1.807) is 6.07 Å². The number of aromatic nitrogens is 2. The molecule has 3 rings (SSSR count). The van der Waals surface area contributed by atoms with Gasteiger partial charge in [-0.2, -0.15) is 0 Å². The SMILES string of the molecule is CCN(c1cccc(C)c1)c1cc(C(=O)NCCN2CCOCC2)nc(C)n1. The fourth-order valence-electron chi connectivity index (χ4n) is 3.32. The van der Waals surface area contributed by atoms with E-state index in [9.17, 15) is 4.79 Å². The Balaban J connectivity index is 1.70. The van der Waals surface area contributed by atoms with Crippen molar-refractivity contribution in [2.75, 3.05) is 50.8 Å². The molecular weight excluding hydrogens is 354 g/mol. The fourth-order valence-corrected chi connectivity index (χ4v) is 3.32. The number of morpholine rings is 1. The van der Waals surface area contributed by atoms with Crippen LogP contribution in [0, 0.1) is 13.8 Å². The van der Waals surface area contributed by atoms with Gasteiger partial charge in [0.05, 0.1) is 13.2 Å². The maximum absolute atomic E-state index is 12.6. The molecule has 1 fully saturated rings. The minimum Gasteiger partial charge on any atom is -0.379 e. The highest BCUT2D eigenvalue weighted by Crippen LogP contribution is 2.24. The number of hydrogen-bond donors (Lipinski definition) is 1. The quantitative estimate of drug-likeness (QED) is 0.791. The van der Waals surface area contributed by atoms with Gasteiger partial charge in [0.25, 0.3) is 5.91 Å². The van der Waals surface area contributed by atoms with Gasteiger partial charge >= 0.3 is 0 Å². The van der Waals surface area contributed by atoms with Gasteiger partial charge in [-0.15, -0.1) is 0 Å². The number of rotatable bonds is 7. The van der Waals surface area contributed by atoms with E-state index in [1.165, 1.54) is 5.56 Å². The van der Waals surface area contributed by atoms with Crippen molar-refractivity contribution in [3.63, 3.8) is 0 Å². The molecule has 0 atom stereocenters. The van der Waals surface area contributed by atoms with Crippen LogP contribution in [0.5, 0.6) is 0 Å². The molecule has 7 heteroatoms. The zero-order chi connectivity index (χ0) is 19.9. The van der Waals surface area contributed by atoms with Crippen LogP contribution in [0.3, 0.4) is 0 Å². The van der Waals surface area contributed by atoms with Crippen molar-refractivity contribution in [1.82, 2.24) is 20.2 Å². The lowest BCUT2D eigenvalue weighted by atomic mass is 10.2. The fraction of sp³-hybridized carbons (Fsp3) is 0.476. The summed E-state index contributed by atoms with van der Waals surface area (Å²) in [5.41, 5.74) is 2.64. The lowest BCUT2D eigenvalue weighted by Gasteiger charge is -2.26. The first-order chi connectivity index (χ1) is 13.6. The zero-order valence-corrected chi connectivity index (χ0v) is 16.9. The molecule has 1 N–H and O–H groups in total. The Morgan fingerprint density at radius 3 is 2.71 bits per heavy atom. The second-order valence-corrected chi connectivity index (χ2v) is 6.95. The highest BCUT2D eigenvalue weighted by atomic mass is 16.5. The Morgan fingerprint density at radius 1 is 1.21 bits per heavy atom. The van der Waals surface area contributed by atoms with Gasteiger partial charge in [0, 0.05) is 44.5 Å². The summed E-state index contributed by atoms with van der Waals surface area (Å²) in [6.45, 7) is 11.4. The zero-order valence-electron chi connectivity index (χ0n) is 16.9. The van der Waals surface area contributed by atoms with Crippen LogP contribution in [0.2, 0.25) is 0 Å². The molecule has 1 saturated heterocycles. The van der Waals surface area contributed by atoms with Crippen molar-refractivity contribution in [2.24, 2.45) is 0 Å². The van der Waals surface area contributed by atoms with Crippen molar-refractivity contribution in [1.29, 1.82) is 0 Å². The van der Waals surface area contributed by atoms with E-state index in [1.807, 2.05) is 13.0 Å². The van der Waals surface area contributed by atoms with Gasteiger partial charge in [-0.3, -0.25) is 9.69 Å². The molecule has 1 aromatic carbocycles. The molecule has 1 aliphatic rings. The number of hydrogen-bond acceptors (Lipinski definition) is 6. The maximum Gasteiger partial charge on any atom is 0.270 e. The van der Waals surface area contributed by atoms with Crippen molar-refractivity contribution < 1.29 is 9.53 Å². The molecule has 0 aliphatic carbocycles. The number of ether oxygens (including phenoxy) is 1. The first-order valence-corrected chi connectivity index (χ1v) is 9.85. The summed E-state index contributed by atoms with van der Waals surface area (Å²) in [7, 11) is 0. The molecule has 0 bridgehead atoms. The van der Waals surface area contributed by atoms with Gasteiger partial charge in [-0.05, 0) is 38.5 Å². The molecule has 2 heterocycles. The number of nitrogens with zero attached hydrogens (tertiary/aromatic N) is 4. The van der Waals surface area contributed by atoms with Crippen molar-refractivity contribution >= 4 is 17.4 Å². The van der Waals surface area contributed by atoms with Crippen LogP contribution >= 0.6 is 0 Å². The van der Waals surface area contributed by atoms with Gasteiger partial charge in [-0.1, -0.05) is 12.1 Å². The second kappa shape index (κ2) is 9.61. The highest BCUT2D eigenvalue weighted by molar-refractivity contribution is 5.93. The molecule has 1 amide bonds. The van der Waals surface area contributed by atoms with E-state index < -0.39 is 0 Å². The molecule has 0 unspecified atom stereocenters. The molecule has 150 valence electrons. The Morgan fingerprint density at radius 2 is 2.00 bits per heavy atom. The Bertz CT molecular complexity index is 805. The maximum atomic E-state index is 12.6. The summed E-state index contributed by atoms with van der Waals surface area (Å²) in [6, 6.07) is 10.0. The second-order valence-electron chi connectivity index (χ2n) is 6.95. The lowest BCUT2D eigenvalue weighted by molar-refractivity contribution is 0.0383. The summed E-state index contributed by atoms with van der Waals surface area (Å²) in [5, 5.41) is 2.98. The molecule has 0 radical (unpaired) electrons. The summed E-state index contributed by atoms with van der Waals surface area (Å²) >= 11 is 0. The summed E-state index contributed by atoms with van der Waals surface area (Å²) in [6.07, 6.45) is 0. The first kappa shape index (κ1) is 20.2. The van der Waals surface area contributed by atoms with Gasteiger partial charge in [-0.25, -0.2) is 9.97 Å². The van der Waals surface area contributed by atoms with E-state index in [-0.39, 0.29) is 5.91 Å². The number of nitrogens with one attached hydrogen (secondary N) is 1. The number of benzene rings is 1. The number of anilines is 2. The van der Waals surface area contributed by atoms with Crippen LogP contribution in [0.4, 0.5) is 11.5 Å². The number of carbonyl (C=O) groups is 1. The third-order valence-electron chi connectivity index (χ3n) is 4.78. The monoisotopic (exact) mass is 383 g/mol. The number of aryl methyl sites for hydroxylation is 2. The smallest absolute Gasteiger partial charge is 0.270 e. The van der Waals surface area contributed by atoms with E-state index in [2.05, 4.69) is 57.1 Å². The predicted octanol–water partition coefficient (Wildman–Crippen LogP) is 2.31. The molecule has 7 nitrogen and oxygen atoms in total. The van der Waals surface area contributed by atoms with Gasteiger partial charge in [0.1, 0.15) is 17.3 Å². The first-order valence-electron chi connectivity index (χ1n) is 9.85. The largest absolute Gasteiger partial charge is 0.379 e. The summed E-state index contributed by atoms with van der Waals surface area (Å²) < 4.78 is 5.35. The average molecular weight is 383 g/mol. The third kappa shape index (κ3) is 5.27. The van der Waals surface area contributed by atoms with E-state index in [4.69, 9.17) is 4.74 Å². The van der Waals surface area contributed by atoms with Crippen LogP contribution in [0.25, 0.3) is 0 Å². The number of amides is 1. The van der Waals surface area contributed by atoms with Gasteiger partial charge in [0.15, 0.2) is 0 Å². The van der Waals surface area contributed by atoms with Crippen LogP contribution < -0.4 is 10.2 Å². The lowest BCUT2D eigenvalue weighted by Crippen LogP contribution is -2.41. The van der Waals surface area contributed by atoms with Gasteiger partial charge < -0.3 is 15.0 Å². The molecule has 0 saturated carbocycles. The van der Waals surface area contributed by atoms with Crippen LogP contribution in [0.1, 0.15) is 28.8 Å². The molecule has 0 spiro atoms. The average Bonchev–Trinajstić information content (AvgIpc) is 2.69. The molecule has 2 aromatic rings. The standard InChI is InChI=1S/C21H29N5O2/c1-4-26(18-7-5-6-16(2)14-18)20-15-19(23-17(3)24-20)21(27)22-8-9-25-10-12-28-13-11-25/h5-7,14-15H,4,8-13H2,1-3H3,(H,22,27). The minimum absolute atomic E-state index is 0.166. The molecular formula is C21H29N5O2. The molecule has 1 aromatic heterocycles. The van der Waals surface area contributed by atoms with E-state index >= 15 is 0 Å². The van der Waals surface area contributed by atoms with Crippen LogP contribution in [-0.2, 0) is 4.74 Å². The normalized spacial score (nSPS) is 14.7. The summed E-state index contributed by atoms with van der Waals surface area (Å²) in [5.74, 6) is 1.15. The van der Waals surface area contributed by atoms with Gasteiger partial charge in [0.2, 0.25) is 0 Å². The minimum atomic E-state index is -0.166. The third-order valence-corrected chi connectivity index (χ3v) is 4.78. The number of carbonyl (C=O) groups excluding carboxylic acids is 1. The Hall–Kier alpha value is -2.51.